The molecule has 0 unspecified atom stereocenters. The molecule has 0 heterocycles. The third-order valence-corrected chi connectivity index (χ3v) is 1.27. The van der Waals surface area contributed by atoms with Crippen molar-refractivity contribution in [2.75, 3.05) is 13.2 Å². The Labute approximate surface area is 91.5 Å². The van der Waals surface area contributed by atoms with Crippen LogP contribution in [0.1, 0.15) is 34.6 Å². The van der Waals surface area contributed by atoms with Gasteiger partial charge in [-0.2, -0.15) is 0 Å². The Morgan fingerprint density at radius 3 is 2.40 bits per heavy atom. The van der Waals surface area contributed by atoms with E-state index >= 15 is 0 Å². The average molecular weight is 218 g/mol. The number of carbonyl (C=O) groups excluding carboxylic acids is 1. The summed E-state index contributed by atoms with van der Waals surface area (Å²) in [5.41, 5.74) is 4.66. The van der Waals surface area contributed by atoms with Gasteiger partial charge in [-0.1, -0.05) is 0 Å². The highest BCUT2D eigenvalue weighted by molar-refractivity contribution is 5.66. The molecule has 0 atom stereocenters. The molecule has 15 heavy (non-hydrogen) atoms. The highest BCUT2D eigenvalue weighted by atomic mass is 16.6. The van der Waals surface area contributed by atoms with Crippen LogP contribution in [-0.4, -0.2) is 30.9 Å². The van der Waals surface area contributed by atoms with Gasteiger partial charge in [0, 0.05) is 6.54 Å². The van der Waals surface area contributed by atoms with Crippen LogP contribution in [0.4, 0.5) is 4.79 Å². The van der Waals surface area contributed by atoms with Crippen molar-refractivity contribution in [2.45, 2.75) is 46.3 Å². The Kier molecular flexibility index (Phi) is 6.27. The van der Waals surface area contributed by atoms with Crippen LogP contribution in [0, 0.1) is 0 Å². The standard InChI is InChI=1S/C10H22N2O3/c1-8(2)14-7-6-11-12-9(13)15-10(3,4)5/h8,11H,6-7H2,1-5H3,(H,12,13). The van der Waals surface area contributed by atoms with Gasteiger partial charge in [-0.05, 0) is 34.6 Å². The summed E-state index contributed by atoms with van der Waals surface area (Å²) in [5, 5.41) is 0. The first kappa shape index (κ1) is 14.2. The number of carbonyl (C=O) groups is 1. The van der Waals surface area contributed by atoms with E-state index in [-0.39, 0.29) is 6.10 Å². The smallest absolute Gasteiger partial charge is 0.422 e. The van der Waals surface area contributed by atoms with Gasteiger partial charge in [-0.15, -0.1) is 0 Å². The number of hydrogen-bond donors (Lipinski definition) is 2. The van der Waals surface area contributed by atoms with Crippen molar-refractivity contribution in [3.63, 3.8) is 0 Å². The third-order valence-electron chi connectivity index (χ3n) is 1.27. The Morgan fingerprint density at radius 1 is 1.33 bits per heavy atom. The second-order valence-corrected chi connectivity index (χ2v) is 4.47. The number of hydrogen-bond acceptors (Lipinski definition) is 4. The molecule has 0 aromatic heterocycles. The first-order valence-corrected chi connectivity index (χ1v) is 5.15. The van der Waals surface area contributed by atoms with Gasteiger partial charge in [0.2, 0.25) is 0 Å². The number of rotatable bonds is 5. The lowest BCUT2D eigenvalue weighted by molar-refractivity contribution is 0.0470. The molecule has 1 amide bonds. The Hall–Kier alpha value is -0.810. The van der Waals surface area contributed by atoms with E-state index in [1.165, 1.54) is 0 Å². The van der Waals surface area contributed by atoms with Gasteiger partial charge in [0.05, 0.1) is 12.7 Å². The van der Waals surface area contributed by atoms with Crippen molar-refractivity contribution in [3.8, 4) is 0 Å². The van der Waals surface area contributed by atoms with E-state index in [0.29, 0.717) is 13.2 Å². The zero-order valence-electron chi connectivity index (χ0n) is 10.2. The molecule has 5 nitrogen and oxygen atoms in total. The molecule has 0 radical (unpaired) electrons. The maximum absolute atomic E-state index is 11.1. The summed E-state index contributed by atoms with van der Waals surface area (Å²) >= 11 is 0. The molecule has 0 rings (SSSR count). The summed E-state index contributed by atoms with van der Waals surface area (Å²) in [7, 11) is 0. The molecule has 0 aliphatic heterocycles. The van der Waals surface area contributed by atoms with Crippen LogP contribution >= 0.6 is 0 Å². The molecule has 0 fully saturated rings. The minimum absolute atomic E-state index is 0.202. The van der Waals surface area contributed by atoms with Gasteiger partial charge in [0.25, 0.3) is 0 Å². The molecule has 0 aromatic carbocycles. The van der Waals surface area contributed by atoms with Gasteiger partial charge < -0.3 is 9.47 Å². The molecule has 0 saturated heterocycles. The summed E-state index contributed by atoms with van der Waals surface area (Å²) in [5.74, 6) is 0. The molecule has 0 aliphatic carbocycles. The molecule has 0 aromatic rings. The van der Waals surface area contributed by atoms with Gasteiger partial charge in [-0.3, -0.25) is 5.43 Å². The second-order valence-electron chi connectivity index (χ2n) is 4.47. The summed E-state index contributed by atoms with van der Waals surface area (Å²) in [4.78, 5) is 11.1. The van der Waals surface area contributed by atoms with Crippen LogP contribution < -0.4 is 10.9 Å². The largest absolute Gasteiger partial charge is 0.443 e. The van der Waals surface area contributed by atoms with Crippen LogP contribution in [0.15, 0.2) is 0 Å². The van der Waals surface area contributed by atoms with Gasteiger partial charge in [-0.25, -0.2) is 10.2 Å². The van der Waals surface area contributed by atoms with Crippen molar-refractivity contribution in [1.82, 2.24) is 10.9 Å². The normalized spacial score (nSPS) is 11.6. The molecule has 2 N–H and O–H groups in total. The summed E-state index contributed by atoms with van der Waals surface area (Å²) < 4.78 is 10.3. The molecular weight excluding hydrogens is 196 g/mol. The topological polar surface area (TPSA) is 59.6 Å². The maximum atomic E-state index is 11.1. The minimum Gasteiger partial charge on any atom is -0.443 e. The molecule has 0 aliphatic rings. The third kappa shape index (κ3) is 11.1. The van der Waals surface area contributed by atoms with E-state index < -0.39 is 11.7 Å². The van der Waals surface area contributed by atoms with Crippen LogP contribution in [-0.2, 0) is 9.47 Å². The van der Waals surface area contributed by atoms with E-state index in [0.717, 1.165) is 0 Å². The first-order valence-electron chi connectivity index (χ1n) is 5.15. The number of amides is 1. The number of ether oxygens (including phenoxy) is 2. The predicted molar refractivity (Wildman–Crippen MR) is 58.5 cm³/mol. The van der Waals surface area contributed by atoms with Crippen molar-refractivity contribution < 1.29 is 14.3 Å². The molecule has 0 bridgehead atoms. The lowest BCUT2D eigenvalue weighted by Crippen LogP contribution is -2.42. The molecule has 5 heteroatoms. The fourth-order valence-electron chi connectivity index (χ4n) is 0.784. The number of nitrogens with one attached hydrogen (secondary N) is 2. The summed E-state index contributed by atoms with van der Waals surface area (Å²) in [6.45, 7) is 10.5. The van der Waals surface area contributed by atoms with Crippen LogP contribution in [0.2, 0.25) is 0 Å². The minimum atomic E-state index is -0.480. The Morgan fingerprint density at radius 2 is 1.93 bits per heavy atom. The highest BCUT2D eigenvalue weighted by Gasteiger charge is 2.15. The van der Waals surface area contributed by atoms with E-state index in [1.54, 1.807) is 0 Å². The van der Waals surface area contributed by atoms with Crippen molar-refractivity contribution >= 4 is 6.09 Å². The predicted octanol–water partition coefficient (Wildman–Crippen LogP) is 1.44. The zero-order chi connectivity index (χ0) is 11.9. The van der Waals surface area contributed by atoms with Crippen molar-refractivity contribution in [3.05, 3.63) is 0 Å². The lowest BCUT2D eigenvalue weighted by atomic mass is 10.2. The van der Waals surface area contributed by atoms with E-state index in [9.17, 15) is 4.79 Å². The van der Waals surface area contributed by atoms with Crippen molar-refractivity contribution in [1.29, 1.82) is 0 Å². The summed E-state index contributed by atoms with van der Waals surface area (Å²) in [6, 6.07) is 0. The highest BCUT2D eigenvalue weighted by Crippen LogP contribution is 2.05. The van der Waals surface area contributed by atoms with E-state index in [2.05, 4.69) is 10.9 Å². The monoisotopic (exact) mass is 218 g/mol. The molecular formula is C10H22N2O3. The lowest BCUT2D eigenvalue weighted by Gasteiger charge is -2.19. The number of hydrazine groups is 1. The molecule has 90 valence electrons. The fraction of sp³-hybridized carbons (Fsp3) is 0.900. The second kappa shape index (κ2) is 6.63. The SMILES string of the molecule is CC(C)OCCNNC(=O)OC(C)(C)C. The average Bonchev–Trinajstić information content (AvgIpc) is 1.99. The van der Waals surface area contributed by atoms with Crippen LogP contribution in [0.3, 0.4) is 0 Å². The fourth-order valence-corrected chi connectivity index (χ4v) is 0.784. The zero-order valence-corrected chi connectivity index (χ0v) is 10.2. The first-order chi connectivity index (χ1) is 6.81. The van der Waals surface area contributed by atoms with Gasteiger partial charge >= 0.3 is 6.09 Å². The quantitative estimate of drug-likeness (QED) is 0.541. The molecule has 0 spiro atoms. The van der Waals surface area contributed by atoms with Crippen molar-refractivity contribution in [2.24, 2.45) is 0 Å². The van der Waals surface area contributed by atoms with Crippen LogP contribution in [0.25, 0.3) is 0 Å². The summed E-state index contributed by atoms with van der Waals surface area (Å²) in [6.07, 6.45) is -0.277. The van der Waals surface area contributed by atoms with Gasteiger partial charge in [0.1, 0.15) is 5.60 Å². The van der Waals surface area contributed by atoms with Crippen LogP contribution in [0.5, 0.6) is 0 Å². The maximum Gasteiger partial charge on any atom is 0.422 e. The van der Waals surface area contributed by atoms with Gasteiger partial charge in [0.15, 0.2) is 0 Å². The van der Waals surface area contributed by atoms with E-state index in [1.807, 2.05) is 34.6 Å². The van der Waals surface area contributed by atoms with E-state index in [4.69, 9.17) is 9.47 Å². The Bertz CT molecular complexity index is 188. The molecule has 0 saturated carbocycles. The Balaban J connectivity index is 3.40.